The largest absolute Gasteiger partial charge is 0.466 e. The van der Waals surface area contributed by atoms with Crippen LogP contribution < -0.4 is 10.4 Å². The summed E-state index contributed by atoms with van der Waals surface area (Å²) in [6.45, 7) is 1.78. The smallest absolute Gasteiger partial charge is 0.342 e. The number of methoxy groups -OCH3 is 1. The van der Waals surface area contributed by atoms with Crippen molar-refractivity contribution >= 4 is 11.0 Å². The van der Waals surface area contributed by atoms with Crippen molar-refractivity contribution in [2.45, 2.75) is 6.92 Å². The molecular formula is C13H16O5. The van der Waals surface area contributed by atoms with Crippen LogP contribution in [0.2, 0.25) is 0 Å². The molecule has 0 fully saturated rings. The van der Waals surface area contributed by atoms with Crippen molar-refractivity contribution in [3.8, 4) is 5.75 Å². The Labute approximate surface area is 105 Å². The monoisotopic (exact) mass is 252 g/mol. The Bertz CT molecular complexity index is 559. The minimum absolute atomic E-state index is 0.105. The minimum Gasteiger partial charge on any atom is -0.466 e. The molecule has 0 bridgehead atoms. The summed E-state index contributed by atoms with van der Waals surface area (Å²) in [4.78, 5) is 11.5. The Hall–Kier alpha value is -1.85. The van der Waals surface area contributed by atoms with Crippen LogP contribution in [0.3, 0.4) is 0 Å². The van der Waals surface area contributed by atoms with Crippen molar-refractivity contribution in [3.05, 3.63) is 40.2 Å². The zero-order valence-electron chi connectivity index (χ0n) is 10.6. The van der Waals surface area contributed by atoms with E-state index >= 15 is 0 Å². The summed E-state index contributed by atoms with van der Waals surface area (Å²) < 4.78 is 15.4. The van der Waals surface area contributed by atoms with Crippen molar-refractivity contribution < 1.29 is 19.0 Å². The lowest BCUT2D eigenvalue weighted by Gasteiger charge is -2.09. The van der Waals surface area contributed by atoms with E-state index in [1.54, 1.807) is 19.1 Å². The molecule has 0 aliphatic heterocycles. The Kier molecular flexibility index (Phi) is 5.35. The third-order valence-electron chi connectivity index (χ3n) is 2.30. The fourth-order valence-electron chi connectivity index (χ4n) is 1.52. The van der Waals surface area contributed by atoms with Crippen LogP contribution in [0.25, 0.3) is 11.0 Å². The predicted molar refractivity (Wildman–Crippen MR) is 67.9 cm³/mol. The first kappa shape index (κ1) is 14.2. The summed E-state index contributed by atoms with van der Waals surface area (Å²) in [6, 6.07) is 7.24. The van der Waals surface area contributed by atoms with Gasteiger partial charge in [-0.1, -0.05) is 12.1 Å². The fraction of sp³-hybridized carbons (Fsp3) is 0.308. The Morgan fingerprint density at radius 3 is 2.61 bits per heavy atom. The van der Waals surface area contributed by atoms with Gasteiger partial charge in [-0.05, 0) is 19.1 Å². The van der Waals surface area contributed by atoms with E-state index in [0.29, 0.717) is 16.9 Å². The lowest BCUT2D eigenvalue weighted by Crippen LogP contribution is -2.09. The molecule has 1 N–H and O–H groups in total. The van der Waals surface area contributed by atoms with Gasteiger partial charge in [0.25, 0.3) is 0 Å². The zero-order valence-corrected chi connectivity index (χ0v) is 10.6. The third-order valence-corrected chi connectivity index (χ3v) is 2.30. The van der Waals surface area contributed by atoms with E-state index in [0.717, 1.165) is 12.5 Å². The molecule has 0 unspecified atom stereocenters. The number of benzene rings is 1. The lowest BCUT2D eigenvalue weighted by molar-refractivity contribution is 0.0514. The summed E-state index contributed by atoms with van der Waals surface area (Å²) in [6.07, 6.45) is 0. The second-order valence-corrected chi connectivity index (χ2v) is 3.39. The predicted octanol–water partition coefficient (Wildman–Crippen LogP) is 1.69. The third kappa shape index (κ3) is 2.88. The topological polar surface area (TPSA) is 68.9 Å². The average Bonchev–Trinajstić information content (AvgIpc) is 2.42. The summed E-state index contributed by atoms with van der Waals surface area (Å²) in [5.74, 6) is 0.522. The number of para-hydroxylation sites is 1. The second kappa shape index (κ2) is 6.78. The van der Waals surface area contributed by atoms with Crippen LogP contribution in [-0.4, -0.2) is 26.1 Å². The summed E-state index contributed by atoms with van der Waals surface area (Å²) >= 11 is 0. The van der Waals surface area contributed by atoms with Crippen molar-refractivity contribution in [3.63, 3.8) is 0 Å². The molecule has 0 saturated heterocycles. The van der Waals surface area contributed by atoms with Gasteiger partial charge in [-0.3, -0.25) is 0 Å². The maximum Gasteiger partial charge on any atom is 0.342 e. The molecule has 0 spiro atoms. The van der Waals surface area contributed by atoms with Crippen LogP contribution in [0.5, 0.6) is 5.75 Å². The van der Waals surface area contributed by atoms with Gasteiger partial charge < -0.3 is 19.0 Å². The van der Waals surface area contributed by atoms with Crippen LogP contribution in [0.15, 0.2) is 33.5 Å². The quantitative estimate of drug-likeness (QED) is 0.665. The van der Waals surface area contributed by atoms with Crippen molar-refractivity contribution in [2.75, 3.05) is 21.0 Å². The molecule has 0 amide bonds. The summed E-state index contributed by atoms with van der Waals surface area (Å²) in [5.41, 5.74) is 0.588. The summed E-state index contributed by atoms with van der Waals surface area (Å²) in [7, 11) is 2.53. The molecule has 0 aliphatic carbocycles. The first-order valence-electron chi connectivity index (χ1n) is 5.33. The SMILES string of the molecule is CO.COCOc1c(C)c(=O)oc2ccccc12. The molecule has 18 heavy (non-hydrogen) atoms. The fourth-order valence-corrected chi connectivity index (χ4v) is 1.52. The number of rotatable bonds is 3. The number of aliphatic hydroxyl groups excluding tert-OH is 1. The van der Waals surface area contributed by atoms with Gasteiger partial charge in [0.1, 0.15) is 11.3 Å². The van der Waals surface area contributed by atoms with Crippen LogP contribution in [0.1, 0.15) is 5.56 Å². The number of hydrogen-bond donors (Lipinski definition) is 1. The van der Waals surface area contributed by atoms with Crippen molar-refractivity contribution in [1.29, 1.82) is 0 Å². The van der Waals surface area contributed by atoms with E-state index in [4.69, 9.17) is 19.0 Å². The molecule has 1 aromatic carbocycles. The molecule has 0 aliphatic rings. The van der Waals surface area contributed by atoms with E-state index < -0.39 is 0 Å². The number of ether oxygens (including phenoxy) is 2. The minimum atomic E-state index is -0.384. The molecule has 98 valence electrons. The van der Waals surface area contributed by atoms with Gasteiger partial charge in [0.2, 0.25) is 0 Å². The maximum absolute atomic E-state index is 11.5. The van der Waals surface area contributed by atoms with Crippen molar-refractivity contribution in [1.82, 2.24) is 0 Å². The number of hydrogen-bond acceptors (Lipinski definition) is 5. The Morgan fingerprint density at radius 2 is 1.94 bits per heavy atom. The van der Waals surface area contributed by atoms with Gasteiger partial charge in [-0.25, -0.2) is 4.79 Å². The molecule has 2 aromatic rings. The highest BCUT2D eigenvalue weighted by Gasteiger charge is 2.11. The molecule has 1 heterocycles. The molecule has 5 heteroatoms. The summed E-state index contributed by atoms with van der Waals surface area (Å²) in [5, 5.41) is 7.77. The van der Waals surface area contributed by atoms with E-state index in [1.165, 1.54) is 7.11 Å². The van der Waals surface area contributed by atoms with Crippen molar-refractivity contribution in [2.24, 2.45) is 0 Å². The highest BCUT2D eigenvalue weighted by atomic mass is 16.7. The van der Waals surface area contributed by atoms with Gasteiger partial charge in [0.05, 0.1) is 10.9 Å². The number of aliphatic hydroxyl groups is 1. The zero-order chi connectivity index (χ0) is 13.5. The van der Waals surface area contributed by atoms with E-state index in [9.17, 15) is 4.79 Å². The van der Waals surface area contributed by atoms with E-state index in [2.05, 4.69) is 0 Å². The highest BCUT2D eigenvalue weighted by molar-refractivity contribution is 5.84. The first-order chi connectivity index (χ1) is 8.74. The molecule has 1 aromatic heterocycles. The lowest BCUT2D eigenvalue weighted by atomic mass is 10.2. The molecule has 2 rings (SSSR count). The highest BCUT2D eigenvalue weighted by Crippen LogP contribution is 2.26. The van der Waals surface area contributed by atoms with E-state index in [-0.39, 0.29) is 12.4 Å². The van der Waals surface area contributed by atoms with Crippen LogP contribution in [0.4, 0.5) is 0 Å². The van der Waals surface area contributed by atoms with Gasteiger partial charge in [0, 0.05) is 14.2 Å². The Balaban J connectivity index is 0.000000771. The van der Waals surface area contributed by atoms with Crippen LogP contribution in [-0.2, 0) is 4.74 Å². The van der Waals surface area contributed by atoms with E-state index in [1.807, 2.05) is 12.1 Å². The van der Waals surface area contributed by atoms with Gasteiger partial charge in [0.15, 0.2) is 6.79 Å². The standard InChI is InChI=1S/C12H12O4.CH4O/c1-8-11(15-7-14-2)9-5-3-4-6-10(9)16-12(8)13;1-2/h3-6H,7H2,1-2H3;2H,1H3. The van der Waals surface area contributed by atoms with Crippen LogP contribution in [0, 0.1) is 6.92 Å². The maximum atomic E-state index is 11.5. The normalized spacial score (nSPS) is 9.78. The van der Waals surface area contributed by atoms with Crippen LogP contribution >= 0.6 is 0 Å². The average molecular weight is 252 g/mol. The molecule has 0 radical (unpaired) electrons. The molecular weight excluding hydrogens is 236 g/mol. The van der Waals surface area contributed by atoms with Gasteiger partial charge in [-0.2, -0.15) is 0 Å². The second-order valence-electron chi connectivity index (χ2n) is 3.39. The number of fused-ring (bicyclic) bond motifs is 1. The first-order valence-corrected chi connectivity index (χ1v) is 5.33. The van der Waals surface area contributed by atoms with Gasteiger partial charge in [-0.15, -0.1) is 0 Å². The molecule has 5 nitrogen and oxygen atoms in total. The van der Waals surface area contributed by atoms with Gasteiger partial charge >= 0.3 is 5.63 Å². The molecule has 0 saturated carbocycles. The molecule has 0 atom stereocenters. The Morgan fingerprint density at radius 1 is 1.28 bits per heavy atom.